The second-order valence-electron chi connectivity index (χ2n) is 5.95. The lowest BCUT2D eigenvalue weighted by Gasteiger charge is -2.42. The molecule has 2 nitrogen and oxygen atoms in total. The molecule has 2 fully saturated rings. The predicted octanol–water partition coefficient (Wildman–Crippen LogP) is 3.26. The van der Waals surface area contributed by atoms with Gasteiger partial charge in [0.1, 0.15) is 0 Å². The van der Waals surface area contributed by atoms with Crippen LogP contribution in [0.1, 0.15) is 37.7 Å². The van der Waals surface area contributed by atoms with Gasteiger partial charge in [0.05, 0.1) is 12.7 Å². The molecule has 0 aromatic heterocycles. The van der Waals surface area contributed by atoms with Crippen LogP contribution in [0.15, 0.2) is 30.3 Å². The maximum Gasteiger partial charge on any atom is 0.0702 e. The molecule has 2 heteroatoms. The minimum atomic E-state index is 0.470. The first kappa shape index (κ1) is 13.1. The van der Waals surface area contributed by atoms with Crippen molar-refractivity contribution in [3.05, 3.63) is 35.9 Å². The highest BCUT2D eigenvalue weighted by molar-refractivity contribution is 5.14. The molecule has 0 unspecified atom stereocenters. The van der Waals surface area contributed by atoms with Gasteiger partial charge >= 0.3 is 0 Å². The van der Waals surface area contributed by atoms with Gasteiger partial charge in [-0.1, -0.05) is 36.8 Å². The molecule has 1 atom stereocenters. The van der Waals surface area contributed by atoms with Crippen molar-refractivity contribution in [2.75, 3.05) is 19.7 Å². The van der Waals surface area contributed by atoms with Crippen molar-refractivity contribution in [2.24, 2.45) is 0 Å². The average molecular weight is 259 g/mol. The normalized spacial score (nSPS) is 25.2. The Balaban J connectivity index is 1.40. The molecule has 0 N–H and O–H groups in total. The molecule has 1 saturated carbocycles. The molecule has 2 aliphatic rings. The molecule has 3 rings (SSSR count). The van der Waals surface area contributed by atoms with Gasteiger partial charge in [-0.15, -0.1) is 0 Å². The highest BCUT2D eigenvalue weighted by Crippen LogP contribution is 2.27. The summed E-state index contributed by atoms with van der Waals surface area (Å²) in [5.74, 6) is 0. The number of morpholine rings is 1. The van der Waals surface area contributed by atoms with Gasteiger partial charge in [-0.2, -0.15) is 0 Å². The van der Waals surface area contributed by atoms with Gasteiger partial charge in [0.15, 0.2) is 0 Å². The summed E-state index contributed by atoms with van der Waals surface area (Å²) >= 11 is 0. The summed E-state index contributed by atoms with van der Waals surface area (Å²) in [7, 11) is 0. The van der Waals surface area contributed by atoms with E-state index in [1.807, 2.05) is 0 Å². The van der Waals surface area contributed by atoms with Crippen molar-refractivity contribution in [3.8, 4) is 0 Å². The summed E-state index contributed by atoms with van der Waals surface area (Å²) in [5, 5.41) is 0. The summed E-state index contributed by atoms with van der Waals surface area (Å²) < 4.78 is 5.92. The molecule has 1 aromatic carbocycles. The van der Waals surface area contributed by atoms with Crippen LogP contribution in [0.5, 0.6) is 0 Å². The lowest BCUT2D eigenvalue weighted by molar-refractivity contribution is -0.0582. The zero-order valence-corrected chi connectivity index (χ0v) is 11.8. The Hall–Kier alpha value is -0.860. The fourth-order valence-electron chi connectivity index (χ4n) is 3.18. The fourth-order valence-corrected chi connectivity index (χ4v) is 3.18. The summed E-state index contributed by atoms with van der Waals surface area (Å²) in [6.45, 7) is 3.26. The van der Waals surface area contributed by atoms with Crippen molar-refractivity contribution in [2.45, 2.75) is 50.7 Å². The van der Waals surface area contributed by atoms with E-state index in [-0.39, 0.29) is 0 Å². The third-order valence-corrected chi connectivity index (χ3v) is 4.60. The molecule has 0 spiro atoms. The number of hydrogen-bond acceptors (Lipinski definition) is 2. The van der Waals surface area contributed by atoms with Crippen molar-refractivity contribution >= 4 is 0 Å². The lowest BCUT2D eigenvalue weighted by atomic mass is 9.90. The Kier molecular flexibility index (Phi) is 4.52. The summed E-state index contributed by atoms with van der Waals surface area (Å²) in [6.07, 6.45) is 8.36. The van der Waals surface area contributed by atoms with E-state index in [4.69, 9.17) is 4.74 Å². The Morgan fingerprint density at radius 2 is 2.00 bits per heavy atom. The molecule has 0 amide bonds. The number of hydrogen-bond donors (Lipinski definition) is 0. The number of nitrogens with zero attached hydrogens (tertiary/aromatic N) is 1. The van der Waals surface area contributed by atoms with E-state index in [0.717, 1.165) is 19.2 Å². The number of ether oxygens (including phenoxy) is 1. The summed E-state index contributed by atoms with van der Waals surface area (Å²) in [4.78, 5) is 2.67. The maximum atomic E-state index is 5.92. The highest BCUT2D eigenvalue weighted by Gasteiger charge is 2.29. The highest BCUT2D eigenvalue weighted by atomic mass is 16.5. The van der Waals surface area contributed by atoms with Gasteiger partial charge in [-0.25, -0.2) is 0 Å². The molecule has 1 aliphatic carbocycles. The zero-order chi connectivity index (χ0) is 12.9. The first-order valence-electron chi connectivity index (χ1n) is 7.81. The number of rotatable bonds is 5. The van der Waals surface area contributed by atoms with Crippen molar-refractivity contribution in [3.63, 3.8) is 0 Å². The van der Waals surface area contributed by atoms with Gasteiger partial charge in [0, 0.05) is 19.1 Å². The lowest BCUT2D eigenvalue weighted by Crippen LogP contribution is -2.50. The average Bonchev–Trinajstić information content (AvgIpc) is 2.38. The largest absolute Gasteiger partial charge is 0.376 e. The molecule has 1 saturated heterocycles. The third-order valence-electron chi connectivity index (χ3n) is 4.60. The molecule has 1 aliphatic heterocycles. The zero-order valence-electron chi connectivity index (χ0n) is 11.8. The van der Waals surface area contributed by atoms with Crippen molar-refractivity contribution in [1.82, 2.24) is 4.90 Å². The van der Waals surface area contributed by atoms with Crippen LogP contribution in [0.25, 0.3) is 0 Å². The molecular weight excluding hydrogens is 234 g/mol. The maximum absolute atomic E-state index is 5.92. The number of benzene rings is 1. The van der Waals surface area contributed by atoms with E-state index in [1.165, 1.54) is 50.6 Å². The molecule has 1 heterocycles. The topological polar surface area (TPSA) is 12.5 Å². The Morgan fingerprint density at radius 3 is 2.74 bits per heavy atom. The Labute approximate surface area is 116 Å². The van der Waals surface area contributed by atoms with Gasteiger partial charge < -0.3 is 4.74 Å². The van der Waals surface area contributed by atoms with Crippen LogP contribution < -0.4 is 0 Å². The molecule has 0 bridgehead atoms. The van der Waals surface area contributed by atoms with E-state index >= 15 is 0 Å². The van der Waals surface area contributed by atoms with E-state index < -0.39 is 0 Å². The summed E-state index contributed by atoms with van der Waals surface area (Å²) in [5.41, 5.74) is 1.45. The van der Waals surface area contributed by atoms with Gasteiger partial charge in [-0.3, -0.25) is 4.90 Å². The van der Waals surface area contributed by atoms with Crippen molar-refractivity contribution in [1.29, 1.82) is 0 Å². The molecule has 0 radical (unpaired) electrons. The van der Waals surface area contributed by atoms with Crippen LogP contribution in [0, 0.1) is 0 Å². The smallest absolute Gasteiger partial charge is 0.0702 e. The molecule has 1 aromatic rings. The quantitative estimate of drug-likeness (QED) is 0.804. The van der Waals surface area contributed by atoms with Gasteiger partial charge in [-0.05, 0) is 37.7 Å². The third kappa shape index (κ3) is 3.58. The van der Waals surface area contributed by atoms with Crippen LogP contribution in [0.2, 0.25) is 0 Å². The van der Waals surface area contributed by atoms with Crippen LogP contribution in [-0.2, 0) is 11.2 Å². The van der Waals surface area contributed by atoms with E-state index in [9.17, 15) is 0 Å². The standard InChI is InChI=1S/C17H25NO/c1-2-6-15(7-3-1)8-4-11-17-14-18(12-13-19-17)16-9-5-10-16/h1-3,6-7,16-17H,4-5,8-14H2/t17-/m0/s1. The first-order chi connectivity index (χ1) is 9.42. The fraction of sp³-hybridized carbons (Fsp3) is 0.647. The van der Waals surface area contributed by atoms with Crippen LogP contribution in [-0.4, -0.2) is 36.7 Å². The van der Waals surface area contributed by atoms with Crippen LogP contribution in [0.3, 0.4) is 0 Å². The second kappa shape index (κ2) is 6.53. The predicted molar refractivity (Wildman–Crippen MR) is 78.3 cm³/mol. The van der Waals surface area contributed by atoms with E-state index in [2.05, 4.69) is 35.2 Å². The minimum Gasteiger partial charge on any atom is -0.376 e. The van der Waals surface area contributed by atoms with Gasteiger partial charge in [0.2, 0.25) is 0 Å². The SMILES string of the molecule is c1ccc(CCC[C@H]2CN(C3CCC3)CCO2)cc1. The molecule has 19 heavy (non-hydrogen) atoms. The van der Waals surface area contributed by atoms with E-state index in [0.29, 0.717) is 6.10 Å². The first-order valence-corrected chi connectivity index (χ1v) is 7.81. The Morgan fingerprint density at radius 1 is 1.16 bits per heavy atom. The Bertz CT molecular complexity index is 374. The van der Waals surface area contributed by atoms with E-state index in [1.54, 1.807) is 0 Å². The summed E-state index contributed by atoms with van der Waals surface area (Å²) in [6, 6.07) is 11.7. The second-order valence-corrected chi connectivity index (χ2v) is 5.95. The van der Waals surface area contributed by atoms with Crippen LogP contribution >= 0.6 is 0 Å². The minimum absolute atomic E-state index is 0.470. The molecular formula is C17H25NO. The monoisotopic (exact) mass is 259 g/mol. The van der Waals surface area contributed by atoms with Crippen molar-refractivity contribution < 1.29 is 4.74 Å². The molecule has 104 valence electrons. The number of aryl methyl sites for hydroxylation is 1. The van der Waals surface area contributed by atoms with Crippen LogP contribution in [0.4, 0.5) is 0 Å². The van der Waals surface area contributed by atoms with Gasteiger partial charge in [0.25, 0.3) is 0 Å².